The molecule has 1 aliphatic heterocycles. The summed E-state index contributed by atoms with van der Waals surface area (Å²) in [4.78, 5) is 11.3. The number of carbonyl (C=O) groups excluding carboxylic acids is 1. The van der Waals surface area contributed by atoms with Crippen molar-refractivity contribution in [1.82, 2.24) is 0 Å². The van der Waals surface area contributed by atoms with Crippen LogP contribution in [0.3, 0.4) is 0 Å². The molecule has 1 aromatic rings. The molecule has 0 bridgehead atoms. The predicted octanol–water partition coefficient (Wildman–Crippen LogP) is 2.41. The highest BCUT2D eigenvalue weighted by Gasteiger charge is 2.21. The summed E-state index contributed by atoms with van der Waals surface area (Å²) in [5.41, 5.74) is 2.95. The summed E-state index contributed by atoms with van der Waals surface area (Å²) in [7, 11) is 0. The molecule has 1 fully saturated rings. The van der Waals surface area contributed by atoms with Crippen molar-refractivity contribution in [2.24, 2.45) is 0 Å². The van der Waals surface area contributed by atoms with Crippen molar-refractivity contribution in [1.29, 1.82) is 0 Å². The zero-order valence-corrected chi connectivity index (χ0v) is 8.12. The molecule has 2 rings (SSSR count). The lowest BCUT2D eigenvalue weighted by molar-refractivity contribution is -0.135. The number of carbonyl (C=O) groups is 1. The Hall–Kier alpha value is -1.57. The van der Waals surface area contributed by atoms with Crippen LogP contribution in [0.5, 0.6) is 0 Å². The molecule has 0 atom stereocenters. The first-order valence-electron chi connectivity index (χ1n) is 4.71. The number of benzene rings is 1. The van der Waals surface area contributed by atoms with E-state index in [1.807, 2.05) is 37.3 Å². The molecule has 0 aromatic heterocycles. The van der Waals surface area contributed by atoms with E-state index in [1.54, 1.807) is 0 Å². The van der Waals surface area contributed by atoms with Crippen molar-refractivity contribution in [3.05, 3.63) is 41.5 Å². The van der Waals surface area contributed by atoms with Gasteiger partial charge in [0.25, 0.3) is 0 Å². The first-order chi connectivity index (χ1) is 6.79. The van der Waals surface area contributed by atoms with Gasteiger partial charge < -0.3 is 4.74 Å². The minimum absolute atomic E-state index is 0.161. The number of esters is 1. The van der Waals surface area contributed by atoms with Gasteiger partial charge in [0.2, 0.25) is 0 Å². The van der Waals surface area contributed by atoms with E-state index < -0.39 is 0 Å². The van der Waals surface area contributed by atoms with Gasteiger partial charge in [-0.2, -0.15) is 0 Å². The second-order valence-electron chi connectivity index (χ2n) is 3.36. The van der Waals surface area contributed by atoms with Crippen LogP contribution in [-0.4, -0.2) is 12.6 Å². The van der Waals surface area contributed by atoms with Gasteiger partial charge in [-0.1, -0.05) is 30.3 Å². The molecule has 2 heteroatoms. The van der Waals surface area contributed by atoms with Crippen LogP contribution in [0.2, 0.25) is 0 Å². The second-order valence-corrected chi connectivity index (χ2v) is 3.36. The van der Waals surface area contributed by atoms with Crippen molar-refractivity contribution < 1.29 is 9.53 Å². The number of rotatable bonds is 1. The smallest absolute Gasteiger partial charge is 0.334 e. The standard InChI is InChI=1S/C12H12O2/c1-9(10-5-3-2-4-6-10)11-7-8-14-12(11)13/h2-6H,7-8H2,1H3. The largest absolute Gasteiger partial charge is 0.462 e. The Morgan fingerprint density at radius 3 is 2.57 bits per heavy atom. The van der Waals surface area contributed by atoms with E-state index in [4.69, 9.17) is 4.74 Å². The lowest BCUT2D eigenvalue weighted by atomic mass is 10.0. The van der Waals surface area contributed by atoms with Crippen molar-refractivity contribution in [2.75, 3.05) is 6.61 Å². The summed E-state index contributed by atoms with van der Waals surface area (Å²) >= 11 is 0. The van der Waals surface area contributed by atoms with Gasteiger partial charge in [0.15, 0.2) is 0 Å². The quantitative estimate of drug-likeness (QED) is 0.499. The molecule has 72 valence electrons. The Labute approximate surface area is 83.2 Å². The molecule has 0 radical (unpaired) electrons. The number of cyclic esters (lactones) is 1. The summed E-state index contributed by atoms with van der Waals surface area (Å²) in [5, 5.41) is 0. The van der Waals surface area contributed by atoms with Crippen LogP contribution in [0.4, 0.5) is 0 Å². The van der Waals surface area contributed by atoms with Gasteiger partial charge in [0.05, 0.1) is 6.61 Å². The Balaban J connectivity index is 2.40. The molecule has 0 N–H and O–H groups in total. The Bertz CT molecular complexity index is 377. The van der Waals surface area contributed by atoms with Gasteiger partial charge >= 0.3 is 5.97 Å². The Morgan fingerprint density at radius 2 is 2.00 bits per heavy atom. The van der Waals surface area contributed by atoms with Crippen molar-refractivity contribution in [2.45, 2.75) is 13.3 Å². The molecule has 0 spiro atoms. The van der Waals surface area contributed by atoms with Gasteiger partial charge in [0.1, 0.15) is 0 Å². The maximum atomic E-state index is 11.3. The van der Waals surface area contributed by atoms with Gasteiger partial charge in [-0.25, -0.2) is 4.79 Å². The zero-order valence-electron chi connectivity index (χ0n) is 8.12. The molecule has 0 unspecified atom stereocenters. The number of hydrogen-bond acceptors (Lipinski definition) is 2. The monoisotopic (exact) mass is 188 g/mol. The molecular formula is C12H12O2. The van der Waals surface area contributed by atoms with Crippen LogP contribution in [0.25, 0.3) is 5.57 Å². The van der Waals surface area contributed by atoms with Crippen molar-refractivity contribution >= 4 is 11.5 Å². The molecule has 14 heavy (non-hydrogen) atoms. The minimum Gasteiger partial charge on any atom is -0.462 e. The number of allylic oxidation sites excluding steroid dienone is 1. The molecule has 1 aliphatic rings. The first kappa shape index (κ1) is 9.00. The summed E-state index contributed by atoms with van der Waals surface area (Å²) < 4.78 is 4.91. The van der Waals surface area contributed by atoms with E-state index in [9.17, 15) is 4.79 Å². The average Bonchev–Trinajstić information content (AvgIpc) is 2.65. The van der Waals surface area contributed by atoms with Crippen molar-refractivity contribution in [3.8, 4) is 0 Å². The van der Waals surface area contributed by atoms with Crippen LogP contribution >= 0.6 is 0 Å². The normalized spacial score (nSPS) is 19.4. The van der Waals surface area contributed by atoms with E-state index in [2.05, 4.69) is 0 Å². The lowest BCUT2D eigenvalue weighted by Crippen LogP contribution is -1.97. The van der Waals surface area contributed by atoms with Gasteiger partial charge in [-0.15, -0.1) is 0 Å². The van der Waals surface area contributed by atoms with E-state index in [0.717, 1.165) is 23.1 Å². The second kappa shape index (κ2) is 3.66. The van der Waals surface area contributed by atoms with E-state index in [0.29, 0.717) is 6.61 Å². The molecule has 2 nitrogen and oxygen atoms in total. The highest BCUT2D eigenvalue weighted by molar-refractivity contribution is 5.98. The molecule has 1 saturated heterocycles. The third kappa shape index (κ3) is 1.55. The maximum Gasteiger partial charge on any atom is 0.334 e. The van der Waals surface area contributed by atoms with E-state index in [-0.39, 0.29) is 5.97 Å². The highest BCUT2D eigenvalue weighted by Crippen LogP contribution is 2.24. The van der Waals surface area contributed by atoms with Crippen LogP contribution < -0.4 is 0 Å². The van der Waals surface area contributed by atoms with E-state index in [1.165, 1.54) is 0 Å². The molecule has 1 heterocycles. The third-order valence-electron chi connectivity index (χ3n) is 2.49. The van der Waals surface area contributed by atoms with Gasteiger partial charge in [-0.05, 0) is 18.1 Å². The Kier molecular flexibility index (Phi) is 2.35. The predicted molar refractivity (Wildman–Crippen MR) is 54.6 cm³/mol. The fourth-order valence-corrected chi connectivity index (χ4v) is 1.64. The Morgan fingerprint density at radius 1 is 1.29 bits per heavy atom. The molecule has 0 amide bonds. The van der Waals surface area contributed by atoms with Crippen LogP contribution in [0, 0.1) is 0 Å². The number of ether oxygens (including phenoxy) is 1. The maximum absolute atomic E-state index is 11.3. The molecule has 0 saturated carbocycles. The molecule has 1 aromatic carbocycles. The SMILES string of the molecule is CC(=C1CCOC1=O)c1ccccc1. The summed E-state index contributed by atoms with van der Waals surface area (Å²) in [6.45, 7) is 2.50. The van der Waals surface area contributed by atoms with E-state index >= 15 is 0 Å². The fraction of sp³-hybridized carbons (Fsp3) is 0.250. The topological polar surface area (TPSA) is 26.3 Å². The van der Waals surface area contributed by atoms with Crippen LogP contribution in [0.15, 0.2) is 35.9 Å². The summed E-state index contributed by atoms with van der Waals surface area (Å²) in [6, 6.07) is 9.93. The number of hydrogen-bond donors (Lipinski definition) is 0. The molecular weight excluding hydrogens is 176 g/mol. The van der Waals surface area contributed by atoms with Gasteiger partial charge in [0, 0.05) is 12.0 Å². The van der Waals surface area contributed by atoms with Crippen LogP contribution in [0.1, 0.15) is 18.9 Å². The van der Waals surface area contributed by atoms with Crippen molar-refractivity contribution in [3.63, 3.8) is 0 Å². The third-order valence-corrected chi connectivity index (χ3v) is 2.49. The lowest BCUT2D eigenvalue weighted by Gasteiger charge is -2.02. The average molecular weight is 188 g/mol. The highest BCUT2D eigenvalue weighted by atomic mass is 16.5. The first-order valence-corrected chi connectivity index (χ1v) is 4.71. The van der Waals surface area contributed by atoms with Crippen LogP contribution in [-0.2, 0) is 9.53 Å². The fourth-order valence-electron chi connectivity index (χ4n) is 1.64. The molecule has 0 aliphatic carbocycles. The zero-order chi connectivity index (χ0) is 9.97. The van der Waals surface area contributed by atoms with Gasteiger partial charge in [-0.3, -0.25) is 0 Å². The summed E-state index contributed by atoms with van der Waals surface area (Å²) in [5.74, 6) is -0.161. The minimum atomic E-state index is -0.161. The summed E-state index contributed by atoms with van der Waals surface area (Å²) in [6.07, 6.45) is 0.736.